The number of hydrogen-bond acceptors (Lipinski definition) is 1. The van der Waals surface area contributed by atoms with Crippen LogP contribution in [-0.2, 0) is 5.41 Å². The van der Waals surface area contributed by atoms with E-state index >= 15 is 0 Å². The average molecular weight is 182 g/mol. The van der Waals surface area contributed by atoms with E-state index in [1.165, 1.54) is 12.1 Å². The normalized spacial score (nSPS) is 14.2. The number of benzene rings is 1. The Kier molecular flexibility index (Phi) is 2.71. The summed E-state index contributed by atoms with van der Waals surface area (Å²) in [5.74, 6) is -0.245. The minimum atomic E-state index is -0.446. The Morgan fingerprint density at radius 1 is 1.23 bits per heavy atom. The molecule has 0 amide bonds. The first kappa shape index (κ1) is 10.2. The van der Waals surface area contributed by atoms with E-state index < -0.39 is 6.10 Å². The van der Waals surface area contributed by atoms with E-state index in [0.717, 1.165) is 5.56 Å². The molecule has 0 saturated carbocycles. The fourth-order valence-corrected chi connectivity index (χ4v) is 1.12. The Morgan fingerprint density at radius 3 is 2.08 bits per heavy atom. The first-order chi connectivity index (χ1) is 5.94. The molecule has 0 aromatic heterocycles. The predicted molar refractivity (Wildman–Crippen MR) is 51.1 cm³/mol. The van der Waals surface area contributed by atoms with E-state index in [1.807, 2.05) is 13.8 Å². The summed E-state index contributed by atoms with van der Waals surface area (Å²) in [7, 11) is 0. The van der Waals surface area contributed by atoms with Gasteiger partial charge in [-0.15, -0.1) is 0 Å². The van der Waals surface area contributed by atoms with Gasteiger partial charge < -0.3 is 5.11 Å². The Bertz CT molecular complexity index is 275. The maximum Gasteiger partial charge on any atom is 0.123 e. The third kappa shape index (κ3) is 2.07. The zero-order valence-electron chi connectivity index (χ0n) is 8.21. The fraction of sp³-hybridized carbons (Fsp3) is 0.455. The lowest BCUT2D eigenvalue weighted by Gasteiger charge is -2.28. The van der Waals surface area contributed by atoms with Crippen molar-refractivity contribution in [3.63, 3.8) is 0 Å². The van der Waals surface area contributed by atoms with E-state index in [4.69, 9.17) is 0 Å². The van der Waals surface area contributed by atoms with E-state index in [9.17, 15) is 9.50 Å². The summed E-state index contributed by atoms with van der Waals surface area (Å²) in [6, 6.07) is 6.25. The molecule has 1 aromatic carbocycles. The third-order valence-corrected chi connectivity index (χ3v) is 2.63. The van der Waals surface area contributed by atoms with E-state index in [0.29, 0.717) is 0 Å². The van der Waals surface area contributed by atoms with Crippen molar-refractivity contribution in [1.29, 1.82) is 0 Å². The molecule has 72 valence electrons. The molecule has 0 fully saturated rings. The van der Waals surface area contributed by atoms with Crippen LogP contribution in [0.4, 0.5) is 4.39 Å². The molecule has 0 bridgehead atoms. The fourth-order valence-electron chi connectivity index (χ4n) is 1.12. The first-order valence-corrected chi connectivity index (χ1v) is 4.38. The monoisotopic (exact) mass is 182 g/mol. The summed E-state index contributed by atoms with van der Waals surface area (Å²) in [6.45, 7) is 5.61. The minimum absolute atomic E-state index is 0.245. The second kappa shape index (κ2) is 3.46. The van der Waals surface area contributed by atoms with Crippen molar-refractivity contribution < 1.29 is 9.50 Å². The van der Waals surface area contributed by atoms with Crippen LogP contribution in [0.3, 0.4) is 0 Å². The van der Waals surface area contributed by atoms with E-state index in [1.54, 1.807) is 19.1 Å². The molecule has 1 rings (SSSR count). The van der Waals surface area contributed by atoms with Gasteiger partial charge in [0.05, 0.1) is 6.10 Å². The topological polar surface area (TPSA) is 20.2 Å². The Hall–Kier alpha value is -0.890. The molecule has 0 aliphatic carbocycles. The second-order valence-corrected chi connectivity index (χ2v) is 3.90. The highest BCUT2D eigenvalue weighted by Gasteiger charge is 2.25. The summed E-state index contributed by atoms with van der Waals surface area (Å²) < 4.78 is 12.6. The van der Waals surface area contributed by atoms with Crippen LogP contribution in [0.5, 0.6) is 0 Å². The van der Waals surface area contributed by atoms with Crippen LogP contribution in [0.1, 0.15) is 26.3 Å². The van der Waals surface area contributed by atoms with Crippen LogP contribution in [0, 0.1) is 5.82 Å². The maximum atomic E-state index is 12.6. The number of hydrogen-bond donors (Lipinski definition) is 1. The quantitative estimate of drug-likeness (QED) is 0.745. The molecule has 0 aliphatic heterocycles. The summed E-state index contributed by atoms with van der Waals surface area (Å²) in [4.78, 5) is 0. The van der Waals surface area contributed by atoms with Crippen LogP contribution in [0.25, 0.3) is 0 Å². The van der Waals surface area contributed by atoms with Gasteiger partial charge in [0.2, 0.25) is 0 Å². The minimum Gasteiger partial charge on any atom is -0.393 e. The largest absolute Gasteiger partial charge is 0.393 e. The highest BCUT2D eigenvalue weighted by atomic mass is 19.1. The van der Waals surface area contributed by atoms with Crippen molar-refractivity contribution in [1.82, 2.24) is 0 Å². The van der Waals surface area contributed by atoms with E-state index in [2.05, 4.69) is 0 Å². The molecule has 13 heavy (non-hydrogen) atoms. The molecule has 1 nitrogen and oxygen atoms in total. The first-order valence-electron chi connectivity index (χ1n) is 4.38. The lowest BCUT2D eigenvalue weighted by atomic mass is 9.80. The van der Waals surface area contributed by atoms with Gasteiger partial charge in [-0.2, -0.15) is 0 Å². The highest BCUT2D eigenvalue weighted by molar-refractivity contribution is 5.25. The van der Waals surface area contributed by atoms with Crippen molar-refractivity contribution >= 4 is 0 Å². The molecule has 0 spiro atoms. The second-order valence-electron chi connectivity index (χ2n) is 3.90. The molecule has 2 heteroatoms. The molecular weight excluding hydrogens is 167 g/mol. The van der Waals surface area contributed by atoms with Gasteiger partial charge in [-0.1, -0.05) is 26.0 Å². The molecule has 0 saturated heterocycles. The molecule has 1 aromatic rings. The molecule has 1 atom stereocenters. The van der Waals surface area contributed by atoms with Crippen molar-refractivity contribution in [2.45, 2.75) is 32.3 Å². The third-order valence-electron chi connectivity index (χ3n) is 2.63. The predicted octanol–water partition coefficient (Wildman–Crippen LogP) is 2.48. The molecule has 0 aliphatic rings. The summed E-state index contributed by atoms with van der Waals surface area (Å²) in [6.07, 6.45) is -0.446. The van der Waals surface area contributed by atoms with Gasteiger partial charge in [-0.3, -0.25) is 0 Å². The zero-order valence-corrected chi connectivity index (χ0v) is 8.21. The summed E-state index contributed by atoms with van der Waals surface area (Å²) in [5.41, 5.74) is 0.622. The van der Waals surface area contributed by atoms with Crippen LogP contribution in [0.2, 0.25) is 0 Å². The van der Waals surface area contributed by atoms with Gasteiger partial charge in [-0.25, -0.2) is 4.39 Å². The zero-order chi connectivity index (χ0) is 10.1. The van der Waals surface area contributed by atoms with Crippen molar-refractivity contribution in [3.05, 3.63) is 35.6 Å². The van der Waals surface area contributed by atoms with Gasteiger partial charge in [0, 0.05) is 5.41 Å². The Balaban J connectivity index is 3.01. The molecule has 0 heterocycles. The average Bonchev–Trinajstić information content (AvgIpc) is 2.04. The van der Waals surface area contributed by atoms with Crippen molar-refractivity contribution in [3.8, 4) is 0 Å². The van der Waals surface area contributed by atoms with Crippen LogP contribution < -0.4 is 0 Å². The highest BCUT2D eigenvalue weighted by Crippen LogP contribution is 2.26. The van der Waals surface area contributed by atoms with E-state index in [-0.39, 0.29) is 11.2 Å². The lowest BCUT2D eigenvalue weighted by molar-refractivity contribution is 0.118. The van der Waals surface area contributed by atoms with Gasteiger partial charge in [-0.05, 0) is 24.6 Å². The Labute approximate surface area is 78.2 Å². The van der Waals surface area contributed by atoms with Crippen LogP contribution in [0.15, 0.2) is 24.3 Å². The lowest BCUT2D eigenvalue weighted by Crippen LogP contribution is -2.30. The van der Waals surface area contributed by atoms with Gasteiger partial charge in [0.1, 0.15) is 5.82 Å². The van der Waals surface area contributed by atoms with Crippen LogP contribution >= 0.6 is 0 Å². The van der Waals surface area contributed by atoms with Crippen molar-refractivity contribution in [2.75, 3.05) is 0 Å². The SMILES string of the molecule is CC(O)C(C)(C)c1ccc(F)cc1. The standard InChI is InChI=1S/C11H15FO/c1-8(13)11(2,3)9-4-6-10(12)7-5-9/h4-8,13H,1-3H3. The molecule has 1 N–H and O–H groups in total. The molecule has 0 radical (unpaired) electrons. The number of rotatable bonds is 2. The van der Waals surface area contributed by atoms with Crippen LogP contribution in [-0.4, -0.2) is 11.2 Å². The van der Waals surface area contributed by atoms with Gasteiger partial charge in [0.25, 0.3) is 0 Å². The summed E-state index contributed by atoms with van der Waals surface area (Å²) in [5, 5.41) is 9.51. The Morgan fingerprint density at radius 2 is 1.69 bits per heavy atom. The number of aliphatic hydroxyl groups excluding tert-OH is 1. The summed E-state index contributed by atoms with van der Waals surface area (Å²) >= 11 is 0. The maximum absolute atomic E-state index is 12.6. The van der Waals surface area contributed by atoms with Crippen molar-refractivity contribution in [2.24, 2.45) is 0 Å². The molecular formula is C11H15FO. The van der Waals surface area contributed by atoms with Gasteiger partial charge in [0.15, 0.2) is 0 Å². The van der Waals surface area contributed by atoms with Gasteiger partial charge >= 0.3 is 0 Å². The molecule has 1 unspecified atom stereocenters. The smallest absolute Gasteiger partial charge is 0.123 e. The number of halogens is 1. The number of aliphatic hydroxyl groups is 1.